The predicted molar refractivity (Wildman–Crippen MR) is 69.7 cm³/mol. The van der Waals surface area contributed by atoms with Crippen molar-refractivity contribution in [1.82, 2.24) is 4.72 Å². The van der Waals surface area contributed by atoms with Crippen LogP contribution in [0.15, 0.2) is 0 Å². The molecule has 1 aliphatic carbocycles. The highest BCUT2D eigenvalue weighted by atomic mass is 32.2. The van der Waals surface area contributed by atoms with Crippen LogP contribution in [0, 0.1) is 5.92 Å². The molecule has 1 rings (SSSR count). The first-order valence-electron chi connectivity index (χ1n) is 5.69. The Bertz CT molecular complexity index is 341. The van der Waals surface area contributed by atoms with Crippen LogP contribution in [0.2, 0.25) is 0 Å². The van der Waals surface area contributed by atoms with Crippen molar-refractivity contribution in [2.75, 3.05) is 5.75 Å². The van der Waals surface area contributed by atoms with Gasteiger partial charge in [0.25, 0.3) is 0 Å². The van der Waals surface area contributed by atoms with Gasteiger partial charge < -0.3 is 5.73 Å². The molecule has 6 heteroatoms. The van der Waals surface area contributed by atoms with Crippen LogP contribution < -0.4 is 10.5 Å². The molecule has 1 fully saturated rings. The van der Waals surface area contributed by atoms with Gasteiger partial charge >= 0.3 is 0 Å². The number of sulfonamides is 1. The highest BCUT2D eigenvalue weighted by Gasteiger charge is 2.24. The Balaban J connectivity index is 2.60. The maximum Gasteiger partial charge on any atom is 0.218 e. The summed E-state index contributed by atoms with van der Waals surface area (Å²) in [5.74, 6) is 0.148. The van der Waals surface area contributed by atoms with Crippen molar-refractivity contribution in [2.45, 2.75) is 45.1 Å². The van der Waals surface area contributed by atoms with Crippen molar-refractivity contribution in [2.24, 2.45) is 11.7 Å². The topological polar surface area (TPSA) is 72.2 Å². The van der Waals surface area contributed by atoms with Gasteiger partial charge in [-0.05, 0) is 18.8 Å². The Hall–Kier alpha value is -0.200. The fourth-order valence-corrected chi connectivity index (χ4v) is 3.86. The van der Waals surface area contributed by atoms with Crippen LogP contribution in [0.5, 0.6) is 0 Å². The molecule has 0 radical (unpaired) electrons. The molecule has 0 aromatic rings. The summed E-state index contributed by atoms with van der Waals surface area (Å²) in [4.78, 5) is 0.0220. The highest BCUT2D eigenvalue weighted by Crippen LogP contribution is 2.23. The van der Waals surface area contributed by atoms with E-state index in [1.54, 1.807) is 0 Å². The van der Waals surface area contributed by atoms with Crippen molar-refractivity contribution < 1.29 is 8.42 Å². The van der Waals surface area contributed by atoms with E-state index in [0.717, 1.165) is 19.3 Å². The lowest BCUT2D eigenvalue weighted by atomic mass is 9.98. The molecule has 2 unspecified atom stereocenters. The molecular weight excluding hydrogens is 244 g/mol. The monoisotopic (exact) mass is 264 g/mol. The molecule has 0 saturated heterocycles. The summed E-state index contributed by atoms with van der Waals surface area (Å²) in [6.07, 6.45) is 5.47. The van der Waals surface area contributed by atoms with E-state index in [9.17, 15) is 8.42 Å². The summed E-state index contributed by atoms with van der Waals surface area (Å²) in [7, 11) is -3.35. The Labute approximate surface area is 103 Å². The molecule has 0 aromatic heterocycles. The number of hydrogen-bond acceptors (Lipinski definition) is 3. The van der Waals surface area contributed by atoms with E-state index < -0.39 is 10.0 Å². The van der Waals surface area contributed by atoms with E-state index in [2.05, 4.69) is 23.9 Å². The van der Waals surface area contributed by atoms with E-state index >= 15 is 0 Å². The summed E-state index contributed by atoms with van der Waals surface area (Å²) < 4.78 is 26.1. The van der Waals surface area contributed by atoms with Crippen molar-refractivity contribution in [3.8, 4) is 0 Å². The molecule has 16 heavy (non-hydrogen) atoms. The van der Waals surface area contributed by atoms with Crippen LogP contribution in [0.25, 0.3) is 0 Å². The molecular formula is C10H20N2O2S2. The van der Waals surface area contributed by atoms with Gasteiger partial charge in [0.1, 0.15) is 5.75 Å². The van der Waals surface area contributed by atoms with Gasteiger partial charge in [-0.25, -0.2) is 13.1 Å². The number of nitrogens with two attached hydrogens (primary N) is 1. The van der Waals surface area contributed by atoms with E-state index in [1.807, 2.05) is 0 Å². The molecule has 3 N–H and O–H groups in total. The van der Waals surface area contributed by atoms with Crippen molar-refractivity contribution >= 4 is 27.2 Å². The van der Waals surface area contributed by atoms with Crippen molar-refractivity contribution in [3.05, 3.63) is 0 Å². The maximum absolute atomic E-state index is 11.7. The van der Waals surface area contributed by atoms with Crippen LogP contribution in [0.1, 0.15) is 39.0 Å². The van der Waals surface area contributed by atoms with Gasteiger partial charge in [-0.1, -0.05) is 38.4 Å². The van der Waals surface area contributed by atoms with E-state index in [1.165, 1.54) is 12.8 Å². The minimum absolute atomic E-state index is 0.0220. The standard InChI is InChI=1S/C10H20N2O2S2/c1-8-5-3-2-4-6-9(8)12-16(13,14)7-10(11)15/h8-9,12H,2-7H2,1H3,(H2,11,15). The van der Waals surface area contributed by atoms with Crippen molar-refractivity contribution in [1.29, 1.82) is 0 Å². The Kier molecular flexibility index (Phi) is 5.14. The van der Waals surface area contributed by atoms with E-state index in [-0.39, 0.29) is 16.8 Å². The molecule has 0 spiro atoms. The van der Waals surface area contributed by atoms with Gasteiger partial charge in [0.05, 0.1) is 4.99 Å². The summed E-state index contributed by atoms with van der Waals surface area (Å²) in [6.45, 7) is 2.10. The molecule has 0 amide bonds. The quantitative estimate of drug-likeness (QED) is 0.590. The van der Waals surface area contributed by atoms with Crippen LogP contribution in [0.4, 0.5) is 0 Å². The molecule has 1 aliphatic rings. The molecule has 1 saturated carbocycles. The zero-order valence-corrected chi connectivity index (χ0v) is 11.2. The SMILES string of the molecule is CC1CCCCCC1NS(=O)(=O)CC(N)=S. The van der Waals surface area contributed by atoms with Crippen LogP contribution in [-0.4, -0.2) is 25.2 Å². The third-order valence-electron chi connectivity index (χ3n) is 3.02. The van der Waals surface area contributed by atoms with E-state index in [0.29, 0.717) is 5.92 Å². The van der Waals surface area contributed by atoms with Crippen LogP contribution >= 0.6 is 12.2 Å². The average Bonchev–Trinajstić information content (AvgIpc) is 2.29. The molecule has 0 aromatic carbocycles. The lowest BCUT2D eigenvalue weighted by Gasteiger charge is -2.22. The Morgan fingerprint density at radius 2 is 2.00 bits per heavy atom. The second-order valence-electron chi connectivity index (χ2n) is 4.57. The van der Waals surface area contributed by atoms with Gasteiger partial charge in [-0.3, -0.25) is 0 Å². The second kappa shape index (κ2) is 5.93. The van der Waals surface area contributed by atoms with Gasteiger partial charge in [0.2, 0.25) is 10.0 Å². The number of hydrogen-bond donors (Lipinski definition) is 2. The zero-order chi connectivity index (χ0) is 12.2. The molecule has 0 aliphatic heterocycles. The zero-order valence-electron chi connectivity index (χ0n) is 9.61. The first-order chi connectivity index (χ1) is 7.41. The summed E-state index contributed by atoms with van der Waals surface area (Å²) in [6, 6.07) is 0.0434. The Morgan fingerprint density at radius 3 is 2.62 bits per heavy atom. The smallest absolute Gasteiger partial charge is 0.218 e. The number of rotatable bonds is 4. The largest absolute Gasteiger partial charge is 0.392 e. The van der Waals surface area contributed by atoms with Gasteiger partial charge in [-0.15, -0.1) is 0 Å². The first kappa shape index (κ1) is 13.9. The van der Waals surface area contributed by atoms with Gasteiger partial charge in [0, 0.05) is 6.04 Å². The minimum Gasteiger partial charge on any atom is -0.392 e. The molecule has 94 valence electrons. The van der Waals surface area contributed by atoms with E-state index in [4.69, 9.17) is 5.73 Å². The number of thiocarbonyl (C=S) groups is 1. The molecule has 2 atom stereocenters. The fourth-order valence-electron chi connectivity index (χ4n) is 2.13. The van der Waals surface area contributed by atoms with Gasteiger partial charge in [0.15, 0.2) is 0 Å². The number of nitrogens with one attached hydrogen (secondary N) is 1. The normalized spacial score (nSPS) is 27.3. The lowest BCUT2D eigenvalue weighted by molar-refractivity contribution is 0.400. The van der Waals surface area contributed by atoms with Crippen LogP contribution in [0.3, 0.4) is 0 Å². The van der Waals surface area contributed by atoms with Gasteiger partial charge in [-0.2, -0.15) is 0 Å². The maximum atomic E-state index is 11.7. The minimum atomic E-state index is -3.35. The lowest BCUT2D eigenvalue weighted by Crippen LogP contribution is -2.42. The molecule has 0 bridgehead atoms. The Morgan fingerprint density at radius 1 is 1.38 bits per heavy atom. The van der Waals surface area contributed by atoms with Crippen molar-refractivity contribution in [3.63, 3.8) is 0 Å². The third kappa shape index (κ3) is 4.76. The summed E-state index contributed by atoms with van der Waals surface area (Å²) >= 11 is 4.63. The molecule has 4 nitrogen and oxygen atoms in total. The summed E-state index contributed by atoms with van der Waals surface area (Å²) in [5.41, 5.74) is 5.26. The average molecular weight is 264 g/mol. The molecule has 0 heterocycles. The fraction of sp³-hybridized carbons (Fsp3) is 0.900. The first-order valence-corrected chi connectivity index (χ1v) is 7.75. The predicted octanol–water partition coefficient (Wildman–Crippen LogP) is 1.16. The second-order valence-corrected chi connectivity index (χ2v) is 6.84. The summed E-state index contributed by atoms with van der Waals surface area (Å²) in [5, 5.41) is 0. The van der Waals surface area contributed by atoms with Crippen LogP contribution in [-0.2, 0) is 10.0 Å². The highest BCUT2D eigenvalue weighted by molar-refractivity contribution is 7.92. The third-order valence-corrected chi connectivity index (χ3v) is 4.70.